The van der Waals surface area contributed by atoms with Gasteiger partial charge in [-0.2, -0.15) is 0 Å². The minimum absolute atomic E-state index is 0.0753. The van der Waals surface area contributed by atoms with Crippen molar-refractivity contribution in [2.24, 2.45) is 0 Å². The van der Waals surface area contributed by atoms with Crippen LogP contribution in [0.1, 0.15) is 0 Å². The fourth-order valence-electron chi connectivity index (χ4n) is 3.48. The zero-order chi connectivity index (χ0) is 21.4. The van der Waals surface area contributed by atoms with Crippen molar-refractivity contribution >= 4 is 46.4 Å². The van der Waals surface area contributed by atoms with Crippen LogP contribution in [-0.2, 0) is 0 Å². The van der Waals surface area contributed by atoms with Crippen LogP contribution in [0.2, 0.25) is 20.1 Å². The first kappa shape index (κ1) is 20.9. The van der Waals surface area contributed by atoms with E-state index in [0.717, 1.165) is 0 Å². The SMILES string of the molecule is Oc1ccccc1-c1cc(Cl)cc(Cl)c1-c1c(Cl)cc(Cl)cc1-c1ccccc1O. The Balaban J connectivity index is 2.13. The van der Waals surface area contributed by atoms with Gasteiger partial charge in [-0.3, -0.25) is 0 Å². The van der Waals surface area contributed by atoms with Gasteiger partial charge in [-0.1, -0.05) is 82.8 Å². The van der Waals surface area contributed by atoms with E-state index in [2.05, 4.69) is 0 Å². The molecule has 0 fully saturated rings. The van der Waals surface area contributed by atoms with Crippen LogP contribution in [0.15, 0.2) is 72.8 Å². The van der Waals surface area contributed by atoms with Gasteiger partial charge in [0.15, 0.2) is 0 Å². The molecule has 0 unspecified atom stereocenters. The Morgan fingerprint density at radius 3 is 1.20 bits per heavy atom. The van der Waals surface area contributed by atoms with Gasteiger partial charge >= 0.3 is 0 Å². The van der Waals surface area contributed by atoms with Crippen LogP contribution in [-0.4, -0.2) is 10.2 Å². The first-order chi connectivity index (χ1) is 14.4. The number of halogens is 4. The smallest absolute Gasteiger partial charge is 0.123 e. The number of phenols is 2. The summed E-state index contributed by atoms with van der Waals surface area (Å²) in [6.07, 6.45) is 0. The van der Waals surface area contributed by atoms with Crippen LogP contribution in [0.5, 0.6) is 11.5 Å². The predicted octanol–water partition coefficient (Wildman–Crippen LogP) is 8.71. The van der Waals surface area contributed by atoms with E-state index >= 15 is 0 Å². The largest absolute Gasteiger partial charge is 0.507 e. The lowest BCUT2D eigenvalue weighted by Crippen LogP contribution is -1.93. The number of benzene rings is 4. The maximum absolute atomic E-state index is 10.5. The highest BCUT2D eigenvalue weighted by molar-refractivity contribution is 6.41. The summed E-state index contributed by atoms with van der Waals surface area (Å²) in [5.74, 6) is 0.151. The molecule has 0 amide bonds. The molecule has 0 radical (unpaired) electrons. The van der Waals surface area contributed by atoms with E-state index in [4.69, 9.17) is 46.4 Å². The van der Waals surface area contributed by atoms with Crippen molar-refractivity contribution in [2.45, 2.75) is 0 Å². The van der Waals surface area contributed by atoms with E-state index < -0.39 is 0 Å². The molecule has 4 aromatic rings. The highest BCUT2D eigenvalue weighted by Gasteiger charge is 2.22. The van der Waals surface area contributed by atoms with Gasteiger partial charge in [-0.15, -0.1) is 0 Å². The van der Waals surface area contributed by atoms with Crippen LogP contribution < -0.4 is 0 Å². The van der Waals surface area contributed by atoms with E-state index in [1.165, 1.54) is 0 Å². The summed E-state index contributed by atoms with van der Waals surface area (Å²) in [4.78, 5) is 0. The quantitative estimate of drug-likeness (QED) is 0.311. The lowest BCUT2D eigenvalue weighted by atomic mass is 9.88. The molecule has 0 bridgehead atoms. The molecule has 30 heavy (non-hydrogen) atoms. The zero-order valence-electron chi connectivity index (χ0n) is 15.3. The van der Waals surface area contributed by atoms with Crippen molar-refractivity contribution in [1.29, 1.82) is 0 Å². The molecular weight excluding hydrogens is 462 g/mol. The van der Waals surface area contributed by atoms with Gasteiger partial charge in [-0.25, -0.2) is 0 Å². The van der Waals surface area contributed by atoms with Gasteiger partial charge in [0.1, 0.15) is 11.5 Å². The normalized spacial score (nSPS) is 10.9. The molecule has 0 atom stereocenters. The Labute approximate surface area is 193 Å². The van der Waals surface area contributed by atoms with Crippen molar-refractivity contribution in [3.63, 3.8) is 0 Å². The highest BCUT2D eigenvalue weighted by atomic mass is 35.5. The van der Waals surface area contributed by atoms with Crippen LogP contribution in [0, 0.1) is 0 Å². The van der Waals surface area contributed by atoms with E-state index in [0.29, 0.717) is 53.5 Å². The summed E-state index contributed by atoms with van der Waals surface area (Å²) in [5, 5.41) is 22.5. The molecule has 4 rings (SSSR count). The van der Waals surface area contributed by atoms with Crippen molar-refractivity contribution in [3.8, 4) is 44.9 Å². The number of phenolic OH excluding ortho intramolecular Hbond substituents is 2. The standard InChI is InChI=1S/C24H14Cl4O2/c25-13-9-17(15-5-1-3-7-21(15)29)23(19(27)11-13)24-18(10-14(26)12-20(24)28)16-6-2-4-8-22(16)30/h1-12,29-30H. The molecule has 2 N–H and O–H groups in total. The molecule has 0 heterocycles. The fourth-order valence-corrected chi connectivity index (χ4v) is 4.66. The molecule has 4 aromatic carbocycles. The number of aromatic hydroxyl groups is 2. The molecule has 2 nitrogen and oxygen atoms in total. The third kappa shape index (κ3) is 3.84. The summed E-state index contributed by atoms with van der Waals surface area (Å²) in [7, 11) is 0. The van der Waals surface area contributed by atoms with Crippen LogP contribution >= 0.6 is 46.4 Å². The minimum atomic E-state index is 0.0753. The van der Waals surface area contributed by atoms with Gasteiger partial charge in [0.25, 0.3) is 0 Å². The Kier molecular flexibility index (Phi) is 5.86. The molecule has 0 aromatic heterocycles. The lowest BCUT2D eigenvalue weighted by Gasteiger charge is -2.19. The molecule has 0 saturated heterocycles. The fraction of sp³-hybridized carbons (Fsp3) is 0. The third-order valence-electron chi connectivity index (χ3n) is 4.75. The maximum atomic E-state index is 10.5. The molecule has 6 heteroatoms. The maximum Gasteiger partial charge on any atom is 0.123 e. The van der Waals surface area contributed by atoms with Crippen LogP contribution in [0.3, 0.4) is 0 Å². The van der Waals surface area contributed by atoms with Crippen molar-refractivity contribution in [2.75, 3.05) is 0 Å². The molecule has 0 aliphatic carbocycles. The van der Waals surface area contributed by atoms with Crippen molar-refractivity contribution in [3.05, 3.63) is 92.9 Å². The van der Waals surface area contributed by atoms with Crippen molar-refractivity contribution < 1.29 is 10.2 Å². The van der Waals surface area contributed by atoms with Gasteiger partial charge in [0.2, 0.25) is 0 Å². The van der Waals surface area contributed by atoms with E-state index in [-0.39, 0.29) is 11.5 Å². The predicted molar refractivity (Wildman–Crippen MR) is 126 cm³/mol. The average Bonchev–Trinajstić information content (AvgIpc) is 2.69. The molecule has 0 aliphatic rings. The number of hydrogen-bond donors (Lipinski definition) is 2. The second-order valence-corrected chi connectivity index (χ2v) is 8.34. The monoisotopic (exact) mass is 474 g/mol. The van der Waals surface area contributed by atoms with Crippen LogP contribution in [0.25, 0.3) is 33.4 Å². The molecular formula is C24H14Cl4O2. The summed E-state index contributed by atoms with van der Waals surface area (Å²) in [5.41, 5.74) is 3.44. The summed E-state index contributed by atoms with van der Waals surface area (Å²) >= 11 is 25.9. The first-order valence-corrected chi connectivity index (χ1v) is 10.4. The lowest BCUT2D eigenvalue weighted by molar-refractivity contribution is 0.477. The van der Waals surface area contributed by atoms with E-state index in [1.807, 2.05) is 0 Å². The van der Waals surface area contributed by atoms with Gasteiger partial charge in [0.05, 0.1) is 10.0 Å². The molecule has 0 spiro atoms. The number of rotatable bonds is 3. The summed E-state index contributed by atoms with van der Waals surface area (Å²) < 4.78 is 0. The Bertz CT molecular complexity index is 1170. The molecule has 0 aliphatic heterocycles. The second kappa shape index (κ2) is 8.41. The van der Waals surface area contributed by atoms with Crippen LogP contribution in [0.4, 0.5) is 0 Å². The topological polar surface area (TPSA) is 40.5 Å². The van der Waals surface area contributed by atoms with Gasteiger partial charge in [0, 0.05) is 32.3 Å². The van der Waals surface area contributed by atoms with E-state index in [1.54, 1.807) is 72.8 Å². The Morgan fingerprint density at radius 1 is 0.467 bits per heavy atom. The van der Waals surface area contributed by atoms with Gasteiger partial charge in [-0.05, 0) is 47.5 Å². The third-order valence-corrected chi connectivity index (χ3v) is 5.78. The number of para-hydroxylation sites is 2. The van der Waals surface area contributed by atoms with E-state index in [9.17, 15) is 10.2 Å². The Hall–Kier alpha value is -2.36. The Morgan fingerprint density at radius 2 is 0.833 bits per heavy atom. The highest BCUT2D eigenvalue weighted by Crippen LogP contribution is 2.50. The molecule has 150 valence electrons. The van der Waals surface area contributed by atoms with Gasteiger partial charge < -0.3 is 10.2 Å². The zero-order valence-corrected chi connectivity index (χ0v) is 18.4. The number of hydrogen-bond acceptors (Lipinski definition) is 2. The average molecular weight is 476 g/mol. The summed E-state index contributed by atoms with van der Waals surface area (Å²) in [6.45, 7) is 0. The first-order valence-electron chi connectivity index (χ1n) is 8.92. The summed E-state index contributed by atoms with van der Waals surface area (Å²) in [6, 6.07) is 20.4. The van der Waals surface area contributed by atoms with Crippen molar-refractivity contribution in [1.82, 2.24) is 0 Å². The second-order valence-electron chi connectivity index (χ2n) is 6.65. The minimum Gasteiger partial charge on any atom is -0.507 e. The molecule has 0 saturated carbocycles.